The van der Waals surface area contributed by atoms with Crippen LogP contribution < -0.4 is 15.5 Å². The minimum absolute atomic E-state index is 0.0139. The van der Waals surface area contributed by atoms with E-state index in [1.54, 1.807) is 0 Å². The second-order valence-corrected chi connectivity index (χ2v) is 6.94. The molecule has 2 N–H and O–H groups in total. The summed E-state index contributed by atoms with van der Waals surface area (Å²) in [6, 6.07) is 15.6. The van der Waals surface area contributed by atoms with Crippen molar-refractivity contribution in [1.82, 2.24) is 5.32 Å². The molecule has 0 saturated carbocycles. The predicted molar refractivity (Wildman–Crippen MR) is 102 cm³/mol. The number of hydrogen-bond donors (Lipinski definition) is 2. The Labute approximate surface area is 153 Å². The van der Waals surface area contributed by atoms with Crippen LogP contribution in [0.1, 0.15) is 24.0 Å². The molecular formula is C21H23N3O2. The van der Waals surface area contributed by atoms with Crippen LogP contribution in [0.4, 0.5) is 11.4 Å². The molecular weight excluding hydrogens is 326 g/mol. The van der Waals surface area contributed by atoms with E-state index in [4.69, 9.17) is 0 Å². The number of hydrogen-bond acceptors (Lipinski definition) is 3. The van der Waals surface area contributed by atoms with Gasteiger partial charge in [-0.3, -0.25) is 9.59 Å². The Morgan fingerprint density at radius 2 is 1.92 bits per heavy atom. The molecule has 4 rings (SSSR count). The lowest BCUT2D eigenvalue weighted by atomic mass is 10.1. The second-order valence-electron chi connectivity index (χ2n) is 6.94. The van der Waals surface area contributed by atoms with Crippen molar-refractivity contribution in [2.75, 3.05) is 23.3 Å². The third kappa shape index (κ3) is 3.48. The predicted octanol–water partition coefficient (Wildman–Crippen LogP) is 2.51. The summed E-state index contributed by atoms with van der Waals surface area (Å²) in [6.45, 7) is 1.65. The zero-order chi connectivity index (χ0) is 17.9. The van der Waals surface area contributed by atoms with Gasteiger partial charge in [-0.1, -0.05) is 30.3 Å². The molecule has 134 valence electrons. The molecule has 2 aromatic carbocycles. The third-order valence-electron chi connectivity index (χ3n) is 5.14. The van der Waals surface area contributed by atoms with E-state index in [0.717, 1.165) is 49.3 Å². The van der Waals surface area contributed by atoms with Gasteiger partial charge in [0.25, 0.3) is 0 Å². The molecule has 1 saturated heterocycles. The molecule has 2 amide bonds. The summed E-state index contributed by atoms with van der Waals surface area (Å²) in [7, 11) is 0. The molecule has 0 aliphatic carbocycles. The summed E-state index contributed by atoms with van der Waals surface area (Å²) < 4.78 is 0. The maximum absolute atomic E-state index is 12.7. The van der Waals surface area contributed by atoms with Gasteiger partial charge >= 0.3 is 0 Å². The summed E-state index contributed by atoms with van der Waals surface area (Å²) in [5.41, 5.74) is 3.99. The largest absolute Gasteiger partial charge is 0.325 e. The van der Waals surface area contributed by atoms with Crippen molar-refractivity contribution >= 4 is 23.2 Å². The number of anilines is 2. The van der Waals surface area contributed by atoms with Crippen LogP contribution in [-0.4, -0.2) is 30.9 Å². The Morgan fingerprint density at radius 3 is 2.69 bits per heavy atom. The maximum Gasteiger partial charge on any atom is 0.241 e. The van der Waals surface area contributed by atoms with E-state index in [0.29, 0.717) is 6.42 Å². The van der Waals surface area contributed by atoms with Crippen LogP contribution in [0, 0.1) is 0 Å². The van der Waals surface area contributed by atoms with E-state index in [1.165, 1.54) is 5.56 Å². The molecule has 0 aromatic heterocycles. The first-order valence-electron chi connectivity index (χ1n) is 9.22. The lowest BCUT2D eigenvalue weighted by Gasteiger charge is -2.17. The summed E-state index contributed by atoms with van der Waals surface area (Å²) in [4.78, 5) is 26.7. The second kappa shape index (κ2) is 7.30. The van der Waals surface area contributed by atoms with Gasteiger partial charge in [-0.15, -0.1) is 0 Å². The van der Waals surface area contributed by atoms with Crippen molar-refractivity contribution in [2.24, 2.45) is 0 Å². The van der Waals surface area contributed by atoms with Crippen LogP contribution in [-0.2, 0) is 22.4 Å². The number of carbonyl (C=O) groups is 2. The van der Waals surface area contributed by atoms with Crippen LogP contribution in [0.5, 0.6) is 0 Å². The molecule has 0 spiro atoms. The van der Waals surface area contributed by atoms with Gasteiger partial charge in [0, 0.05) is 17.9 Å². The zero-order valence-electron chi connectivity index (χ0n) is 14.7. The minimum Gasteiger partial charge on any atom is -0.325 e. The standard InChI is InChI=1S/C21H23N3O2/c25-20(24-13-11-16-4-1-2-6-19(16)24)14-15-7-9-17(10-8-15)23-21(26)18-5-3-12-22-18/h1-2,4,6-10,18,22H,3,5,11-14H2,(H,23,26). The first-order valence-corrected chi connectivity index (χ1v) is 9.22. The fourth-order valence-corrected chi connectivity index (χ4v) is 3.71. The molecule has 2 aliphatic heterocycles. The number of fused-ring (bicyclic) bond motifs is 1. The van der Waals surface area contributed by atoms with Crippen molar-refractivity contribution in [1.29, 1.82) is 0 Å². The highest BCUT2D eigenvalue weighted by Crippen LogP contribution is 2.28. The molecule has 1 fully saturated rings. The van der Waals surface area contributed by atoms with E-state index in [9.17, 15) is 9.59 Å². The molecule has 2 aliphatic rings. The van der Waals surface area contributed by atoms with E-state index >= 15 is 0 Å². The number of rotatable bonds is 4. The molecule has 0 radical (unpaired) electrons. The quantitative estimate of drug-likeness (QED) is 0.892. The van der Waals surface area contributed by atoms with Gasteiger partial charge in [0.2, 0.25) is 11.8 Å². The van der Waals surface area contributed by atoms with E-state index in [2.05, 4.69) is 16.7 Å². The van der Waals surface area contributed by atoms with Crippen molar-refractivity contribution in [3.8, 4) is 0 Å². The highest BCUT2D eigenvalue weighted by atomic mass is 16.2. The average molecular weight is 349 g/mol. The summed E-state index contributed by atoms with van der Waals surface area (Å²) in [5, 5.41) is 6.13. The van der Waals surface area contributed by atoms with Gasteiger partial charge in [-0.25, -0.2) is 0 Å². The number of nitrogens with one attached hydrogen (secondary N) is 2. The highest BCUT2D eigenvalue weighted by molar-refractivity contribution is 5.97. The van der Waals surface area contributed by atoms with E-state index in [1.807, 2.05) is 47.4 Å². The van der Waals surface area contributed by atoms with Crippen molar-refractivity contribution in [3.63, 3.8) is 0 Å². The first kappa shape index (κ1) is 16.8. The van der Waals surface area contributed by atoms with Crippen LogP contribution in [0.2, 0.25) is 0 Å². The smallest absolute Gasteiger partial charge is 0.241 e. The Hall–Kier alpha value is -2.66. The number of carbonyl (C=O) groups excluding carboxylic acids is 2. The van der Waals surface area contributed by atoms with E-state index < -0.39 is 0 Å². The van der Waals surface area contributed by atoms with Gasteiger partial charge in [-0.2, -0.15) is 0 Å². The van der Waals surface area contributed by atoms with Crippen molar-refractivity contribution < 1.29 is 9.59 Å². The molecule has 5 nitrogen and oxygen atoms in total. The van der Waals surface area contributed by atoms with E-state index in [-0.39, 0.29) is 17.9 Å². The molecule has 2 aromatic rings. The SMILES string of the molecule is O=C(Nc1ccc(CC(=O)N2CCc3ccccc32)cc1)C1CCCN1. The fourth-order valence-electron chi connectivity index (χ4n) is 3.71. The Morgan fingerprint density at radius 1 is 1.12 bits per heavy atom. The van der Waals surface area contributed by atoms with Crippen LogP contribution in [0.15, 0.2) is 48.5 Å². The van der Waals surface area contributed by atoms with Gasteiger partial charge in [0.1, 0.15) is 0 Å². The molecule has 1 atom stereocenters. The Kier molecular flexibility index (Phi) is 4.71. The average Bonchev–Trinajstić information content (AvgIpc) is 3.33. The van der Waals surface area contributed by atoms with Crippen LogP contribution in [0.25, 0.3) is 0 Å². The molecule has 5 heteroatoms. The third-order valence-corrected chi connectivity index (χ3v) is 5.14. The minimum atomic E-state index is -0.0912. The Balaban J connectivity index is 1.37. The van der Waals surface area contributed by atoms with Gasteiger partial charge in [0.15, 0.2) is 0 Å². The van der Waals surface area contributed by atoms with Gasteiger partial charge < -0.3 is 15.5 Å². The Bertz CT molecular complexity index is 810. The lowest BCUT2D eigenvalue weighted by Crippen LogP contribution is -2.35. The number of benzene rings is 2. The van der Waals surface area contributed by atoms with Gasteiger partial charge in [-0.05, 0) is 55.1 Å². The molecule has 26 heavy (non-hydrogen) atoms. The van der Waals surface area contributed by atoms with Crippen molar-refractivity contribution in [2.45, 2.75) is 31.7 Å². The molecule has 0 bridgehead atoms. The first-order chi connectivity index (χ1) is 12.7. The summed E-state index contributed by atoms with van der Waals surface area (Å²) in [5.74, 6) is 0.127. The maximum atomic E-state index is 12.7. The number of para-hydroxylation sites is 1. The van der Waals surface area contributed by atoms with Crippen LogP contribution in [0.3, 0.4) is 0 Å². The van der Waals surface area contributed by atoms with Crippen molar-refractivity contribution in [3.05, 3.63) is 59.7 Å². The summed E-state index contributed by atoms with van der Waals surface area (Å²) in [6.07, 6.45) is 3.21. The van der Waals surface area contributed by atoms with Gasteiger partial charge in [0.05, 0.1) is 12.5 Å². The number of nitrogens with zero attached hydrogens (tertiary/aromatic N) is 1. The topological polar surface area (TPSA) is 61.4 Å². The summed E-state index contributed by atoms with van der Waals surface area (Å²) >= 11 is 0. The lowest BCUT2D eigenvalue weighted by molar-refractivity contribution is -0.118. The molecule has 1 unspecified atom stereocenters. The monoisotopic (exact) mass is 349 g/mol. The number of amides is 2. The molecule has 2 heterocycles. The normalized spacial score (nSPS) is 18.6. The highest BCUT2D eigenvalue weighted by Gasteiger charge is 2.24. The zero-order valence-corrected chi connectivity index (χ0v) is 14.7. The van der Waals surface area contributed by atoms with Crippen LogP contribution >= 0.6 is 0 Å². The fraction of sp³-hybridized carbons (Fsp3) is 0.333.